The molecule has 0 aliphatic heterocycles. The van der Waals surface area contributed by atoms with Crippen molar-refractivity contribution in [2.24, 2.45) is 0 Å². The van der Waals surface area contributed by atoms with E-state index in [-0.39, 0.29) is 11.9 Å². The van der Waals surface area contributed by atoms with Gasteiger partial charge in [0.1, 0.15) is 0 Å². The maximum atomic E-state index is 11.9. The number of aryl methyl sites for hydroxylation is 1. The predicted octanol–water partition coefficient (Wildman–Crippen LogP) is 2.91. The highest BCUT2D eigenvalue weighted by atomic mass is 79.9. The van der Waals surface area contributed by atoms with Crippen LogP contribution >= 0.6 is 27.3 Å². The van der Waals surface area contributed by atoms with Gasteiger partial charge in [0.2, 0.25) is 0 Å². The number of nitrogens with zero attached hydrogens (tertiary/aromatic N) is 1. The fraction of sp³-hybridized carbons (Fsp3) is 0.500. The number of alkyl halides is 1. The van der Waals surface area contributed by atoms with Gasteiger partial charge in [0.25, 0.3) is 5.91 Å². The lowest BCUT2D eigenvalue weighted by Gasteiger charge is -2.22. The van der Waals surface area contributed by atoms with Crippen LogP contribution in [0.4, 0.5) is 0 Å². The molecule has 0 saturated heterocycles. The van der Waals surface area contributed by atoms with Crippen molar-refractivity contribution >= 4 is 33.2 Å². The maximum absolute atomic E-state index is 11.9. The third-order valence-electron chi connectivity index (χ3n) is 2.16. The molecular formula is C10H14BrNOS. The van der Waals surface area contributed by atoms with E-state index in [0.29, 0.717) is 0 Å². The van der Waals surface area contributed by atoms with Gasteiger partial charge in [-0.1, -0.05) is 15.9 Å². The average Bonchev–Trinajstić information content (AvgIpc) is 2.61. The van der Waals surface area contributed by atoms with Crippen LogP contribution in [0.3, 0.4) is 0 Å². The van der Waals surface area contributed by atoms with Crippen LogP contribution in [0.15, 0.2) is 12.1 Å². The Hall–Kier alpha value is -0.350. The molecule has 1 amide bonds. The Morgan fingerprint density at radius 2 is 2.29 bits per heavy atom. The van der Waals surface area contributed by atoms with E-state index in [1.807, 2.05) is 33.0 Å². The lowest BCUT2D eigenvalue weighted by Crippen LogP contribution is -2.35. The number of amides is 1. The lowest BCUT2D eigenvalue weighted by atomic mass is 10.3. The van der Waals surface area contributed by atoms with E-state index in [4.69, 9.17) is 0 Å². The minimum Gasteiger partial charge on any atom is -0.337 e. The average molecular weight is 276 g/mol. The third-order valence-corrected chi connectivity index (χ3v) is 4.08. The zero-order valence-corrected chi connectivity index (χ0v) is 11.0. The van der Waals surface area contributed by atoms with E-state index in [2.05, 4.69) is 15.9 Å². The summed E-state index contributed by atoms with van der Waals surface area (Å²) in [7, 11) is 1.84. The van der Waals surface area contributed by atoms with Crippen molar-refractivity contribution in [3.8, 4) is 0 Å². The predicted molar refractivity (Wildman–Crippen MR) is 64.4 cm³/mol. The number of halogens is 1. The molecule has 0 bridgehead atoms. The molecule has 0 aliphatic carbocycles. The molecular weight excluding hydrogens is 262 g/mol. The molecule has 1 atom stereocenters. The van der Waals surface area contributed by atoms with Gasteiger partial charge in [0, 0.05) is 23.3 Å². The molecule has 1 unspecified atom stereocenters. The molecule has 4 heteroatoms. The summed E-state index contributed by atoms with van der Waals surface area (Å²) in [6.07, 6.45) is 0. The minimum absolute atomic E-state index is 0.107. The van der Waals surface area contributed by atoms with Crippen LogP contribution in [-0.2, 0) is 0 Å². The number of carbonyl (C=O) groups excluding carboxylic acids is 1. The van der Waals surface area contributed by atoms with Crippen molar-refractivity contribution < 1.29 is 4.79 Å². The van der Waals surface area contributed by atoms with Crippen molar-refractivity contribution in [3.63, 3.8) is 0 Å². The van der Waals surface area contributed by atoms with Gasteiger partial charge in [0.15, 0.2) is 0 Å². The molecule has 0 saturated carbocycles. The van der Waals surface area contributed by atoms with Gasteiger partial charge >= 0.3 is 0 Å². The Morgan fingerprint density at radius 1 is 1.64 bits per heavy atom. The number of hydrogen-bond acceptors (Lipinski definition) is 2. The third kappa shape index (κ3) is 2.58. The molecule has 1 heterocycles. The summed E-state index contributed by atoms with van der Waals surface area (Å²) in [5.41, 5.74) is 0. The lowest BCUT2D eigenvalue weighted by molar-refractivity contribution is 0.0763. The van der Waals surface area contributed by atoms with Crippen molar-refractivity contribution in [2.75, 3.05) is 12.4 Å². The molecule has 1 aromatic rings. The molecule has 0 fully saturated rings. The second kappa shape index (κ2) is 4.94. The monoisotopic (exact) mass is 275 g/mol. The van der Waals surface area contributed by atoms with Gasteiger partial charge < -0.3 is 4.90 Å². The van der Waals surface area contributed by atoms with E-state index >= 15 is 0 Å². The SMILES string of the molecule is Cc1ccc(C(=O)N(C)C(C)CBr)s1. The largest absolute Gasteiger partial charge is 0.337 e. The molecule has 0 N–H and O–H groups in total. The first-order valence-electron chi connectivity index (χ1n) is 4.45. The van der Waals surface area contributed by atoms with Crippen molar-refractivity contribution in [1.82, 2.24) is 4.90 Å². The van der Waals surface area contributed by atoms with E-state index in [9.17, 15) is 4.79 Å². The number of hydrogen-bond donors (Lipinski definition) is 0. The van der Waals surface area contributed by atoms with E-state index in [1.165, 1.54) is 4.88 Å². The number of rotatable bonds is 3. The summed E-state index contributed by atoms with van der Waals surface area (Å²) in [5, 5.41) is 0.805. The minimum atomic E-state index is 0.107. The summed E-state index contributed by atoms with van der Waals surface area (Å²) < 4.78 is 0. The van der Waals surface area contributed by atoms with Crippen LogP contribution in [0.25, 0.3) is 0 Å². The second-order valence-corrected chi connectivity index (χ2v) is 5.27. The smallest absolute Gasteiger partial charge is 0.263 e. The summed E-state index contributed by atoms with van der Waals surface area (Å²) >= 11 is 4.92. The Bertz CT molecular complexity index is 324. The van der Waals surface area contributed by atoms with Gasteiger partial charge in [-0.2, -0.15) is 0 Å². The van der Waals surface area contributed by atoms with Gasteiger partial charge in [-0.25, -0.2) is 0 Å². The summed E-state index contributed by atoms with van der Waals surface area (Å²) in [6.45, 7) is 4.03. The van der Waals surface area contributed by atoms with Crippen LogP contribution in [0.5, 0.6) is 0 Å². The Kier molecular flexibility index (Phi) is 4.13. The maximum Gasteiger partial charge on any atom is 0.263 e. The highest BCUT2D eigenvalue weighted by Crippen LogP contribution is 2.17. The molecule has 1 rings (SSSR count). The number of carbonyl (C=O) groups is 1. The van der Waals surface area contributed by atoms with Gasteiger partial charge in [-0.15, -0.1) is 11.3 Å². The summed E-state index contributed by atoms with van der Waals surface area (Å²) in [6, 6.07) is 4.09. The standard InChI is InChI=1S/C10H14BrNOS/c1-7(6-11)12(3)10(13)9-5-4-8(2)14-9/h4-5,7H,6H2,1-3H3. The zero-order chi connectivity index (χ0) is 10.7. The molecule has 0 aromatic carbocycles. The van der Waals surface area contributed by atoms with Crippen molar-refractivity contribution in [2.45, 2.75) is 19.9 Å². The zero-order valence-electron chi connectivity index (χ0n) is 8.58. The van der Waals surface area contributed by atoms with E-state index in [1.54, 1.807) is 16.2 Å². The highest BCUT2D eigenvalue weighted by molar-refractivity contribution is 9.09. The molecule has 1 aromatic heterocycles. The molecule has 0 aliphatic rings. The van der Waals surface area contributed by atoms with Crippen molar-refractivity contribution in [3.05, 3.63) is 21.9 Å². The fourth-order valence-corrected chi connectivity index (χ4v) is 2.31. The summed E-state index contributed by atoms with van der Waals surface area (Å²) in [5.74, 6) is 0.107. The first kappa shape index (κ1) is 11.7. The second-order valence-electron chi connectivity index (χ2n) is 3.33. The first-order valence-corrected chi connectivity index (χ1v) is 6.39. The van der Waals surface area contributed by atoms with Crippen LogP contribution in [0.2, 0.25) is 0 Å². The van der Waals surface area contributed by atoms with Crippen LogP contribution in [0, 0.1) is 6.92 Å². The quantitative estimate of drug-likeness (QED) is 0.777. The fourth-order valence-electron chi connectivity index (χ4n) is 1.03. The van der Waals surface area contributed by atoms with E-state index in [0.717, 1.165) is 10.2 Å². The van der Waals surface area contributed by atoms with Crippen LogP contribution in [-0.4, -0.2) is 29.2 Å². The summed E-state index contributed by atoms with van der Waals surface area (Å²) in [4.78, 5) is 15.6. The Labute approximate surface area is 97.1 Å². The van der Waals surface area contributed by atoms with Gasteiger partial charge in [-0.3, -0.25) is 4.79 Å². The topological polar surface area (TPSA) is 20.3 Å². The molecule has 14 heavy (non-hydrogen) atoms. The van der Waals surface area contributed by atoms with Crippen LogP contribution < -0.4 is 0 Å². The number of thiophene rings is 1. The normalized spacial score (nSPS) is 12.6. The Balaban J connectivity index is 2.75. The van der Waals surface area contributed by atoms with Crippen LogP contribution in [0.1, 0.15) is 21.5 Å². The highest BCUT2D eigenvalue weighted by Gasteiger charge is 2.17. The molecule has 0 spiro atoms. The molecule has 0 radical (unpaired) electrons. The molecule has 2 nitrogen and oxygen atoms in total. The van der Waals surface area contributed by atoms with Gasteiger partial charge in [0.05, 0.1) is 4.88 Å². The van der Waals surface area contributed by atoms with Crippen molar-refractivity contribution in [1.29, 1.82) is 0 Å². The Morgan fingerprint density at radius 3 is 2.71 bits per heavy atom. The molecule has 78 valence electrons. The van der Waals surface area contributed by atoms with Gasteiger partial charge in [-0.05, 0) is 26.0 Å². The van der Waals surface area contributed by atoms with E-state index < -0.39 is 0 Å². The first-order chi connectivity index (χ1) is 6.56.